The predicted molar refractivity (Wildman–Crippen MR) is 79.8 cm³/mol. The lowest BCUT2D eigenvalue weighted by atomic mass is 10.2. The smallest absolute Gasteiger partial charge is 0.340 e. The lowest BCUT2D eigenvalue weighted by Gasteiger charge is -2.06. The Morgan fingerprint density at radius 3 is 2.62 bits per heavy atom. The fourth-order valence-corrected chi connectivity index (χ4v) is 1.89. The molecule has 0 radical (unpaired) electrons. The monoisotopic (exact) mass is 306 g/mol. The molecular weight excluding hydrogens is 292 g/mol. The minimum Gasteiger partial charge on any atom is -0.494 e. The number of carbonyl (C=O) groups is 1. The molecule has 1 N–H and O–H groups in total. The van der Waals surface area contributed by atoms with Crippen LogP contribution in [0.5, 0.6) is 5.75 Å². The molecule has 0 fully saturated rings. The van der Waals surface area contributed by atoms with Crippen molar-refractivity contribution in [3.05, 3.63) is 41.2 Å². The van der Waals surface area contributed by atoms with Crippen LogP contribution in [0.25, 0.3) is 11.4 Å². The highest BCUT2D eigenvalue weighted by atomic mass is 35.5. The summed E-state index contributed by atoms with van der Waals surface area (Å²) >= 11 is 5.83. The van der Waals surface area contributed by atoms with Gasteiger partial charge in [-0.05, 0) is 30.7 Å². The molecule has 0 saturated carbocycles. The molecule has 110 valence electrons. The molecule has 1 aromatic carbocycles. The summed E-state index contributed by atoms with van der Waals surface area (Å²) in [5.41, 5.74) is 0.636. The van der Waals surface area contributed by atoms with Gasteiger partial charge in [-0.25, -0.2) is 14.8 Å². The number of ether oxygens (including phenoxy) is 1. The number of benzene rings is 1. The van der Waals surface area contributed by atoms with E-state index >= 15 is 0 Å². The zero-order valence-corrected chi connectivity index (χ0v) is 12.3. The molecule has 1 aromatic heterocycles. The fraction of sp³-hybridized carbons (Fsp3) is 0.267. The molecule has 1 heterocycles. The quantitative estimate of drug-likeness (QED) is 0.651. The van der Waals surface area contributed by atoms with Crippen molar-refractivity contribution in [3.8, 4) is 17.1 Å². The largest absolute Gasteiger partial charge is 0.494 e. The van der Waals surface area contributed by atoms with Gasteiger partial charge in [-0.3, -0.25) is 0 Å². The van der Waals surface area contributed by atoms with Crippen molar-refractivity contribution in [3.63, 3.8) is 0 Å². The van der Waals surface area contributed by atoms with Crippen LogP contribution >= 0.6 is 11.6 Å². The van der Waals surface area contributed by atoms with Crippen LogP contribution in [0, 0.1) is 0 Å². The average molecular weight is 307 g/mol. The van der Waals surface area contributed by atoms with Crippen LogP contribution in [0.15, 0.2) is 30.5 Å². The lowest BCUT2D eigenvalue weighted by molar-refractivity contribution is 0.0696. The standard InChI is InChI=1S/C15H15ClN2O3/c1-2-3-8-21-11-6-4-10(5-7-11)14-17-9-12(15(19)20)13(16)18-14/h4-7,9H,2-3,8H2,1H3,(H,19,20). The topological polar surface area (TPSA) is 72.3 Å². The highest BCUT2D eigenvalue weighted by Crippen LogP contribution is 2.22. The third-order valence-corrected chi connectivity index (χ3v) is 3.14. The van der Waals surface area contributed by atoms with Crippen molar-refractivity contribution in [2.75, 3.05) is 6.61 Å². The van der Waals surface area contributed by atoms with E-state index in [0.717, 1.165) is 24.2 Å². The molecule has 0 aliphatic rings. The van der Waals surface area contributed by atoms with Crippen molar-refractivity contribution in [2.24, 2.45) is 0 Å². The van der Waals surface area contributed by atoms with Crippen LogP contribution in [0.1, 0.15) is 30.1 Å². The van der Waals surface area contributed by atoms with Crippen molar-refractivity contribution in [1.82, 2.24) is 9.97 Å². The molecule has 0 atom stereocenters. The van der Waals surface area contributed by atoms with Gasteiger partial charge in [-0.2, -0.15) is 0 Å². The third kappa shape index (κ3) is 3.92. The Morgan fingerprint density at radius 2 is 2.05 bits per heavy atom. The summed E-state index contributed by atoms with van der Waals surface area (Å²) in [7, 11) is 0. The summed E-state index contributed by atoms with van der Waals surface area (Å²) in [5.74, 6) is 0.0109. The van der Waals surface area contributed by atoms with Gasteiger partial charge in [0.05, 0.1) is 6.61 Å². The number of carboxylic acids is 1. The Labute approximate surface area is 127 Å². The van der Waals surface area contributed by atoms with Crippen molar-refractivity contribution < 1.29 is 14.6 Å². The highest BCUT2D eigenvalue weighted by Gasteiger charge is 2.12. The molecule has 0 amide bonds. The zero-order chi connectivity index (χ0) is 15.2. The Kier molecular flexibility index (Phi) is 5.11. The maximum atomic E-state index is 10.9. The van der Waals surface area contributed by atoms with E-state index in [2.05, 4.69) is 16.9 Å². The number of aromatic carboxylic acids is 1. The SMILES string of the molecule is CCCCOc1ccc(-c2ncc(C(=O)O)c(Cl)n2)cc1. The first-order valence-electron chi connectivity index (χ1n) is 6.61. The summed E-state index contributed by atoms with van der Waals surface area (Å²) in [6, 6.07) is 7.28. The number of hydrogen-bond acceptors (Lipinski definition) is 4. The molecule has 0 spiro atoms. The van der Waals surface area contributed by atoms with E-state index in [4.69, 9.17) is 21.4 Å². The lowest BCUT2D eigenvalue weighted by Crippen LogP contribution is -2.02. The Morgan fingerprint density at radius 1 is 1.33 bits per heavy atom. The number of carboxylic acid groups (broad SMARTS) is 1. The van der Waals surface area contributed by atoms with Crippen LogP contribution in [-0.2, 0) is 0 Å². The van der Waals surface area contributed by atoms with Crippen LogP contribution in [0.2, 0.25) is 5.15 Å². The number of rotatable bonds is 6. The Hall–Kier alpha value is -2.14. The van der Waals surface area contributed by atoms with Crippen LogP contribution in [0.4, 0.5) is 0 Å². The van der Waals surface area contributed by atoms with E-state index < -0.39 is 5.97 Å². The number of halogens is 1. The van der Waals surface area contributed by atoms with Crippen LogP contribution in [-0.4, -0.2) is 27.7 Å². The van der Waals surface area contributed by atoms with E-state index in [1.807, 2.05) is 24.3 Å². The minimum absolute atomic E-state index is 0.0734. The average Bonchev–Trinajstić information content (AvgIpc) is 2.48. The van der Waals surface area contributed by atoms with Gasteiger partial charge in [-0.1, -0.05) is 24.9 Å². The van der Waals surface area contributed by atoms with Gasteiger partial charge in [-0.15, -0.1) is 0 Å². The summed E-state index contributed by atoms with van der Waals surface area (Å²) < 4.78 is 5.57. The highest BCUT2D eigenvalue weighted by molar-refractivity contribution is 6.32. The maximum Gasteiger partial charge on any atom is 0.340 e. The predicted octanol–water partition coefficient (Wildman–Crippen LogP) is 3.67. The van der Waals surface area contributed by atoms with Crippen molar-refractivity contribution >= 4 is 17.6 Å². The number of unbranched alkanes of at least 4 members (excludes halogenated alkanes) is 1. The first kappa shape index (κ1) is 15.3. The number of hydrogen-bond donors (Lipinski definition) is 1. The van der Waals surface area contributed by atoms with Gasteiger partial charge < -0.3 is 9.84 Å². The first-order chi connectivity index (χ1) is 10.1. The van der Waals surface area contributed by atoms with Gasteiger partial charge in [0, 0.05) is 11.8 Å². The van der Waals surface area contributed by atoms with E-state index in [1.54, 1.807) is 0 Å². The third-order valence-electron chi connectivity index (χ3n) is 2.85. The molecule has 6 heteroatoms. The van der Waals surface area contributed by atoms with Crippen LogP contribution in [0.3, 0.4) is 0 Å². The van der Waals surface area contributed by atoms with E-state index in [1.165, 1.54) is 6.20 Å². The zero-order valence-electron chi connectivity index (χ0n) is 11.5. The van der Waals surface area contributed by atoms with Gasteiger partial charge in [0.25, 0.3) is 0 Å². The molecule has 0 bridgehead atoms. The molecule has 5 nitrogen and oxygen atoms in total. The first-order valence-corrected chi connectivity index (χ1v) is 6.98. The van der Waals surface area contributed by atoms with E-state index in [-0.39, 0.29) is 10.7 Å². The summed E-state index contributed by atoms with van der Waals surface area (Å²) in [6.07, 6.45) is 3.30. The van der Waals surface area contributed by atoms with Crippen molar-refractivity contribution in [1.29, 1.82) is 0 Å². The van der Waals surface area contributed by atoms with E-state index in [0.29, 0.717) is 12.4 Å². The van der Waals surface area contributed by atoms with Gasteiger partial charge in [0.15, 0.2) is 5.82 Å². The van der Waals surface area contributed by atoms with Crippen LogP contribution < -0.4 is 4.74 Å². The maximum absolute atomic E-state index is 10.9. The molecule has 0 aliphatic heterocycles. The molecule has 21 heavy (non-hydrogen) atoms. The Balaban J connectivity index is 2.15. The summed E-state index contributed by atoms with van der Waals surface area (Å²) in [4.78, 5) is 18.9. The molecule has 0 saturated heterocycles. The second-order valence-electron chi connectivity index (χ2n) is 4.43. The number of aromatic nitrogens is 2. The van der Waals surface area contributed by atoms with E-state index in [9.17, 15) is 4.79 Å². The summed E-state index contributed by atoms with van der Waals surface area (Å²) in [6.45, 7) is 2.79. The Bertz CT molecular complexity index is 629. The second-order valence-corrected chi connectivity index (χ2v) is 4.79. The normalized spacial score (nSPS) is 10.4. The molecule has 0 aliphatic carbocycles. The molecule has 2 rings (SSSR count). The molecule has 2 aromatic rings. The van der Waals surface area contributed by atoms with Gasteiger partial charge in [0.2, 0.25) is 0 Å². The fourth-order valence-electron chi connectivity index (χ4n) is 1.68. The van der Waals surface area contributed by atoms with Crippen molar-refractivity contribution in [2.45, 2.75) is 19.8 Å². The summed E-state index contributed by atoms with van der Waals surface area (Å²) in [5, 5.41) is 8.81. The second kappa shape index (κ2) is 7.04. The molecular formula is C15H15ClN2O3. The minimum atomic E-state index is -1.15. The number of nitrogens with zero attached hydrogens (tertiary/aromatic N) is 2. The molecule has 0 unspecified atom stereocenters. The van der Waals surface area contributed by atoms with Gasteiger partial charge >= 0.3 is 5.97 Å². The van der Waals surface area contributed by atoms with Gasteiger partial charge in [0.1, 0.15) is 16.5 Å².